The summed E-state index contributed by atoms with van der Waals surface area (Å²) in [5, 5.41) is 3.48. The van der Waals surface area contributed by atoms with Crippen molar-refractivity contribution in [3.8, 4) is 0 Å². The van der Waals surface area contributed by atoms with Crippen molar-refractivity contribution < 1.29 is 0 Å². The number of hydrogen-bond acceptors (Lipinski definition) is 1. The van der Waals surface area contributed by atoms with Gasteiger partial charge in [0.2, 0.25) is 0 Å². The highest BCUT2D eigenvalue weighted by atomic mass is 14.9. The lowest BCUT2D eigenvalue weighted by Gasteiger charge is -2.25. The first-order valence-corrected chi connectivity index (χ1v) is 7.49. The summed E-state index contributed by atoms with van der Waals surface area (Å²) >= 11 is 0. The molecule has 1 aliphatic rings. The van der Waals surface area contributed by atoms with Crippen LogP contribution in [0.5, 0.6) is 0 Å². The van der Waals surface area contributed by atoms with Gasteiger partial charge in [-0.15, -0.1) is 0 Å². The third-order valence-electron chi connectivity index (χ3n) is 4.10. The first kappa shape index (κ1) is 14.3. The van der Waals surface area contributed by atoms with Crippen LogP contribution in [0.1, 0.15) is 63.6 Å². The standard InChI is InChI=1S/C18H27N/c1-18(2,3)16-12-10-15(11-13-16)17(19-4)14-8-6-5-7-9-14/h8,10-13,17,19H,5-7,9H2,1-4H3. The third-order valence-corrected chi connectivity index (χ3v) is 4.10. The Bertz CT molecular complexity index is 434. The summed E-state index contributed by atoms with van der Waals surface area (Å²) in [5.74, 6) is 0. The van der Waals surface area contributed by atoms with Crippen molar-refractivity contribution in [2.45, 2.75) is 57.9 Å². The Morgan fingerprint density at radius 3 is 2.21 bits per heavy atom. The molecule has 1 aliphatic carbocycles. The lowest BCUT2D eigenvalue weighted by Crippen LogP contribution is -2.20. The Morgan fingerprint density at radius 2 is 1.74 bits per heavy atom. The molecule has 1 atom stereocenters. The Morgan fingerprint density at radius 1 is 1.05 bits per heavy atom. The summed E-state index contributed by atoms with van der Waals surface area (Å²) in [6.07, 6.45) is 7.61. The van der Waals surface area contributed by atoms with E-state index in [2.05, 4.69) is 63.5 Å². The number of benzene rings is 1. The molecule has 0 aliphatic heterocycles. The summed E-state index contributed by atoms with van der Waals surface area (Å²) in [4.78, 5) is 0. The molecule has 1 unspecified atom stereocenters. The number of hydrogen-bond donors (Lipinski definition) is 1. The van der Waals surface area contributed by atoms with E-state index in [1.165, 1.54) is 36.8 Å². The third kappa shape index (κ3) is 3.48. The monoisotopic (exact) mass is 257 g/mol. The first-order valence-electron chi connectivity index (χ1n) is 7.49. The van der Waals surface area contributed by atoms with Gasteiger partial charge >= 0.3 is 0 Å². The van der Waals surface area contributed by atoms with Crippen LogP contribution in [-0.4, -0.2) is 7.05 Å². The van der Waals surface area contributed by atoms with Crippen LogP contribution in [0.2, 0.25) is 0 Å². The van der Waals surface area contributed by atoms with Gasteiger partial charge in [-0.05, 0) is 49.3 Å². The minimum Gasteiger partial charge on any atom is -0.310 e. The van der Waals surface area contributed by atoms with Gasteiger partial charge in [0, 0.05) is 0 Å². The topological polar surface area (TPSA) is 12.0 Å². The number of nitrogens with one attached hydrogen (secondary N) is 1. The van der Waals surface area contributed by atoms with Gasteiger partial charge in [-0.25, -0.2) is 0 Å². The summed E-state index contributed by atoms with van der Waals surface area (Å²) in [6, 6.07) is 9.54. The summed E-state index contributed by atoms with van der Waals surface area (Å²) in [7, 11) is 2.07. The molecule has 2 rings (SSSR count). The largest absolute Gasteiger partial charge is 0.310 e. The second kappa shape index (κ2) is 5.92. The van der Waals surface area contributed by atoms with E-state index < -0.39 is 0 Å². The molecule has 0 fully saturated rings. The van der Waals surface area contributed by atoms with Crippen molar-refractivity contribution in [3.63, 3.8) is 0 Å². The molecule has 1 aromatic carbocycles. The highest BCUT2D eigenvalue weighted by molar-refractivity contribution is 5.33. The molecule has 104 valence electrons. The van der Waals surface area contributed by atoms with Crippen LogP contribution in [0, 0.1) is 0 Å². The molecule has 1 nitrogen and oxygen atoms in total. The summed E-state index contributed by atoms with van der Waals surface area (Å²) in [5.41, 5.74) is 4.60. The molecule has 0 radical (unpaired) electrons. The zero-order chi connectivity index (χ0) is 13.9. The van der Waals surface area contributed by atoms with Crippen LogP contribution in [-0.2, 0) is 5.41 Å². The van der Waals surface area contributed by atoms with Gasteiger partial charge < -0.3 is 5.32 Å². The molecule has 0 saturated carbocycles. The summed E-state index contributed by atoms with van der Waals surface area (Å²) < 4.78 is 0. The normalized spacial score (nSPS) is 18.0. The Hall–Kier alpha value is -1.08. The lowest BCUT2D eigenvalue weighted by atomic mass is 9.84. The first-order chi connectivity index (χ1) is 9.02. The Labute approximate surface area is 118 Å². The van der Waals surface area contributed by atoms with E-state index in [9.17, 15) is 0 Å². The quantitative estimate of drug-likeness (QED) is 0.771. The zero-order valence-electron chi connectivity index (χ0n) is 12.8. The minimum atomic E-state index is 0.234. The molecule has 1 heteroatoms. The predicted octanol–water partition coefficient (Wildman–Crippen LogP) is 4.75. The molecule has 19 heavy (non-hydrogen) atoms. The lowest BCUT2D eigenvalue weighted by molar-refractivity contribution is 0.582. The predicted molar refractivity (Wildman–Crippen MR) is 83.5 cm³/mol. The van der Waals surface area contributed by atoms with Crippen molar-refractivity contribution in [3.05, 3.63) is 47.0 Å². The van der Waals surface area contributed by atoms with Crippen molar-refractivity contribution in [2.75, 3.05) is 7.05 Å². The average molecular weight is 257 g/mol. The Balaban J connectivity index is 2.22. The van der Waals surface area contributed by atoms with Crippen LogP contribution in [0.3, 0.4) is 0 Å². The van der Waals surface area contributed by atoms with Crippen molar-refractivity contribution in [1.29, 1.82) is 0 Å². The van der Waals surface area contributed by atoms with Crippen LogP contribution in [0.25, 0.3) is 0 Å². The highest BCUT2D eigenvalue weighted by Gasteiger charge is 2.18. The van der Waals surface area contributed by atoms with E-state index in [-0.39, 0.29) is 5.41 Å². The fourth-order valence-electron chi connectivity index (χ4n) is 2.87. The smallest absolute Gasteiger partial charge is 0.0533 e. The molecule has 0 spiro atoms. The maximum atomic E-state index is 3.48. The minimum absolute atomic E-state index is 0.234. The van der Waals surface area contributed by atoms with Crippen molar-refractivity contribution >= 4 is 0 Å². The van der Waals surface area contributed by atoms with Crippen LogP contribution in [0.4, 0.5) is 0 Å². The maximum Gasteiger partial charge on any atom is 0.0533 e. The fraction of sp³-hybridized carbons (Fsp3) is 0.556. The van der Waals surface area contributed by atoms with Crippen LogP contribution < -0.4 is 5.32 Å². The van der Waals surface area contributed by atoms with E-state index in [0.29, 0.717) is 6.04 Å². The average Bonchev–Trinajstić information content (AvgIpc) is 2.40. The van der Waals surface area contributed by atoms with Crippen LogP contribution in [0.15, 0.2) is 35.9 Å². The van der Waals surface area contributed by atoms with E-state index in [1.807, 2.05) is 0 Å². The Kier molecular flexibility index (Phi) is 4.46. The molecule has 0 bridgehead atoms. The highest BCUT2D eigenvalue weighted by Crippen LogP contribution is 2.31. The number of likely N-dealkylation sites (N-methyl/N-ethyl adjacent to an activating group) is 1. The second-order valence-corrected chi connectivity index (χ2v) is 6.62. The van der Waals surface area contributed by atoms with E-state index in [1.54, 1.807) is 5.57 Å². The van der Waals surface area contributed by atoms with Gasteiger partial charge in [0.1, 0.15) is 0 Å². The SMILES string of the molecule is CNC(C1=CCCCC1)c1ccc(C(C)(C)C)cc1. The molecule has 0 saturated heterocycles. The maximum absolute atomic E-state index is 3.48. The molecule has 0 heterocycles. The van der Waals surface area contributed by atoms with Gasteiger partial charge in [-0.3, -0.25) is 0 Å². The molecule has 1 aromatic rings. The molecule has 1 N–H and O–H groups in total. The van der Waals surface area contributed by atoms with Crippen molar-refractivity contribution in [2.24, 2.45) is 0 Å². The molecular formula is C18H27N. The molecule has 0 aromatic heterocycles. The van der Waals surface area contributed by atoms with E-state index in [0.717, 1.165) is 0 Å². The van der Waals surface area contributed by atoms with E-state index in [4.69, 9.17) is 0 Å². The fourth-order valence-corrected chi connectivity index (χ4v) is 2.87. The van der Waals surface area contributed by atoms with Gasteiger partial charge in [0.25, 0.3) is 0 Å². The van der Waals surface area contributed by atoms with Crippen LogP contribution >= 0.6 is 0 Å². The van der Waals surface area contributed by atoms with Gasteiger partial charge in [0.15, 0.2) is 0 Å². The van der Waals surface area contributed by atoms with Gasteiger partial charge in [0.05, 0.1) is 6.04 Å². The van der Waals surface area contributed by atoms with Gasteiger partial charge in [-0.1, -0.05) is 56.7 Å². The zero-order valence-corrected chi connectivity index (χ0v) is 12.8. The van der Waals surface area contributed by atoms with Crippen molar-refractivity contribution in [1.82, 2.24) is 5.32 Å². The summed E-state index contributed by atoms with van der Waals surface area (Å²) in [6.45, 7) is 6.80. The molecule has 0 amide bonds. The van der Waals surface area contributed by atoms with Gasteiger partial charge in [-0.2, -0.15) is 0 Å². The number of rotatable bonds is 3. The second-order valence-electron chi connectivity index (χ2n) is 6.62. The molecular weight excluding hydrogens is 230 g/mol. The number of allylic oxidation sites excluding steroid dienone is 1. The van der Waals surface area contributed by atoms with E-state index >= 15 is 0 Å².